The number of benzene rings is 1. The van der Waals surface area contributed by atoms with Crippen molar-refractivity contribution in [3.63, 3.8) is 0 Å². The topological polar surface area (TPSA) is 148 Å². The number of nitrogens with two attached hydrogens (primary N) is 1. The van der Waals surface area contributed by atoms with Crippen LogP contribution in [-0.4, -0.2) is 32.0 Å². The van der Waals surface area contributed by atoms with Gasteiger partial charge in [0.1, 0.15) is 12.2 Å². The van der Waals surface area contributed by atoms with Crippen LogP contribution in [0.2, 0.25) is 0 Å². The molecule has 108 valence electrons. The minimum Gasteiger partial charge on any atom is -0.262 e. The molecule has 2 rings (SSSR count). The van der Waals surface area contributed by atoms with E-state index in [0.717, 1.165) is 6.07 Å². The molecule has 0 atom stereocenters. The standard InChI is InChI=1S/C9H11N5O4S2/c10-19(15,16)7-2-1-3-8(4-7)20(17,18)13-5-9-11-6-12-14-9/h1-4,6,13H,5H2,(H2,10,15,16)(H,11,12,14). The third-order valence-corrected chi connectivity index (χ3v) is 4.65. The molecule has 0 bridgehead atoms. The third-order valence-electron chi connectivity index (χ3n) is 2.34. The van der Waals surface area contributed by atoms with Crippen molar-refractivity contribution in [3.05, 3.63) is 36.4 Å². The van der Waals surface area contributed by atoms with Gasteiger partial charge in [0.2, 0.25) is 20.0 Å². The summed E-state index contributed by atoms with van der Waals surface area (Å²) in [4.78, 5) is 3.28. The summed E-state index contributed by atoms with van der Waals surface area (Å²) in [5.74, 6) is 0.330. The van der Waals surface area contributed by atoms with Gasteiger partial charge in [0.05, 0.1) is 16.3 Å². The van der Waals surface area contributed by atoms with Crippen LogP contribution < -0.4 is 9.86 Å². The highest BCUT2D eigenvalue weighted by Gasteiger charge is 2.17. The zero-order valence-electron chi connectivity index (χ0n) is 10.0. The lowest BCUT2D eigenvalue weighted by atomic mass is 10.4. The molecule has 1 aromatic carbocycles. The monoisotopic (exact) mass is 317 g/mol. The van der Waals surface area contributed by atoms with Crippen LogP contribution in [0.4, 0.5) is 0 Å². The van der Waals surface area contributed by atoms with Gasteiger partial charge >= 0.3 is 0 Å². The highest BCUT2D eigenvalue weighted by Crippen LogP contribution is 2.14. The molecule has 4 N–H and O–H groups in total. The van der Waals surface area contributed by atoms with Crippen LogP contribution in [0.3, 0.4) is 0 Å². The molecule has 9 nitrogen and oxygen atoms in total. The van der Waals surface area contributed by atoms with Gasteiger partial charge in [-0.25, -0.2) is 31.7 Å². The molecule has 0 aliphatic rings. The second-order valence-electron chi connectivity index (χ2n) is 3.78. The van der Waals surface area contributed by atoms with E-state index in [-0.39, 0.29) is 16.3 Å². The molecule has 0 unspecified atom stereocenters. The highest BCUT2D eigenvalue weighted by atomic mass is 32.2. The fourth-order valence-corrected chi connectivity index (χ4v) is 3.05. The maximum absolute atomic E-state index is 12.0. The Hall–Kier alpha value is -1.82. The molecule has 0 saturated carbocycles. The zero-order valence-corrected chi connectivity index (χ0v) is 11.6. The van der Waals surface area contributed by atoms with Crippen molar-refractivity contribution in [1.82, 2.24) is 19.9 Å². The minimum absolute atomic E-state index is 0.0953. The van der Waals surface area contributed by atoms with Crippen molar-refractivity contribution >= 4 is 20.0 Å². The van der Waals surface area contributed by atoms with Crippen LogP contribution in [0.5, 0.6) is 0 Å². The summed E-state index contributed by atoms with van der Waals surface area (Å²) in [7, 11) is -7.84. The predicted octanol–water partition coefficient (Wildman–Crippen LogP) is -1.07. The number of hydrogen-bond acceptors (Lipinski definition) is 6. The van der Waals surface area contributed by atoms with E-state index in [1.807, 2.05) is 0 Å². The number of aromatic nitrogens is 3. The number of aromatic amines is 1. The summed E-state index contributed by atoms with van der Waals surface area (Å²) in [6.07, 6.45) is 1.24. The average Bonchev–Trinajstić information content (AvgIpc) is 2.89. The SMILES string of the molecule is NS(=O)(=O)c1cccc(S(=O)(=O)NCc2ncn[nH]2)c1. The highest BCUT2D eigenvalue weighted by molar-refractivity contribution is 7.90. The maximum Gasteiger partial charge on any atom is 0.241 e. The number of rotatable bonds is 5. The number of H-pyrrole nitrogens is 1. The molecule has 11 heteroatoms. The first-order valence-corrected chi connectivity index (χ1v) is 8.29. The second kappa shape index (κ2) is 5.28. The minimum atomic E-state index is -3.96. The summed E-state index contributed by atoms with van der Waals surface area (Å²) < 4.78 is 48.6. The zero-order chi connectivity index (χ0) is 14.8. The normalized spacial score (nSPS) is 12.4. The van der Waals surface area contributed by atoms with E-state index >= 15 is 0 Å². The van der Waals surface area contributed by atoms with Gasteiger partial charge in [-0.05, 0) is 18.2 Å². The molecule has 0 aliphatic heterocycles. The van der Waals surface area contributed by atoms with Crippen LogP contribution in [0.25, 0.3) is 0 Å². The van der Waals surface area contributed by atoms with Crippen LogP contribution in [0, 0.1) is 0 Å². The molecule has 0 spiro atoms. The second-order valence-corrected chi connectivity index (χ2v) is 7.10. The number of nitrogens with one attached hydrogen (secondary N) is 2. The smallest absolute Gasteiger partial charge is 0.241 e. The molecular formula is C9H11N5O4S2. The molecule has 1 heterocycles. The van der Waals surface area contributed by atoms with Gasteiger partial charge in [-0.2, -0.15) is 5.10 Å². The Labute approximate surface area is 115 Å². The summed E-state index contributed by atoms with van der Waals surface area (Å²) >= 11 is 0. The summed E-state index contributed by atoms with van der Waals surface area (Å²) in [5, 5.41) is 11.0. The molecule has 2 aromatic rings. The van der Waals surface area contributed by atoms with Crippen LogP contribution in [-0.2, 0) is 26.6 Å². The summed E-state index contributed by atoms with van der Waals surface area (Å²) in [6, 6.07) is 4.75. The molecule has 20 heavy (non-hydrogen) atoms. The summed E-state index contributed by atoms with van der Waals surface area (Å²) in [6.45, 7) is -0.0953. The molecular weight excluding hydrogens is 306 g/mol. The van der Waals surface area contributed by atoms with Crippen molar-refractivity contribution in [2.24, 2.45) is 5.14 Å². The lowest BCUT2D eigenvalue weighted by molar-refractivity contribution is 0.579. The van der Waals surface area contributed by atoms with E-state index in [9.17, 15) is 16.8 Å². The average molecular weight is 317 g/mol. The largest absolute Gasteiger partial charge is 0.262 e. The first kappa shape index (κ1) is 14.6. The van der Waals surface area contributed by atoms with Gasteiger partial charge in [0.25, 0.3) is 0 Å². The predicted molar refractivity (Wildman–Crippen MR) is 68.2 cm³/mol. The van der Waals surface area contributed by atoms with Crippen molar-refractivity contribution in [2.75, 3.05) is 0 Å². The number of primary sulfonamides is 1. The van der Waals surface area contributed by atoms with E-state index in [0.29, 0.717) is 5.82 Å². The van der Waals surface area contributed by atoms with Gasteiger partial charge in [-0.1, -0.05) is 6.07 Å². The maximum atomic E-state index is 12.0. The third kappa shape index (κ3) is 3.39. The Morgan fingerprint density at radius 1 is 1.20 bits per heavy atom. The van der Waals surface area contributed by atoms with Gasteiger partial charge < -0.3 is 0 Å². The van der Waals surface area contributed by atoms with Gasteiger partial charge in [-0.15, -0.1) is 0 Å². The molecule has 1 aromatic heterocycles. The fraction of sp³-hybridized carbons (Fsp3) is 0.111. The van der Waals surface area contributed by atoms with Gasteiger partial charge in [0.15, 0.2) is 0 Å². The molecule has 0 fully saturated rings. The lowest BCUT2D eigenvalue weighted by Gasteiger charge is -2.06. The Balaban J connectivity index is 2.26. The quantitative estimate of drug-likeness (QED) is 0.639. The van der Waals surface area contributed by atoms with E-state index < -0.39 is 20.0 Å². The van der Waals surface area contributed by atoms with E-state index in [4.69, 9.17) is 5.14 Å². The van der Waals surface area contributed by atoms with Crippen molar-refractivity contribution in [3.8, 4) is 0 Å². The van der Waals surface area contributed by atoms with E-state index in [1.54, 1.807) is 0 Å². The molecule has 0 radical (unpaired) electrons. The number of hydrogen-bond donors (Lipinski definition) is 3. The Morgan fingerprint density at radius 2 is 1.90 bits per heavy atom. The van der Waals surface area contributed by atoms with E-state index in [2.05, 4.69) is 19.9 Å². The fourth-order valence-electron chi connectivity index (χ4n) is 1.38. The molecule has 0 amide bonds. The Bertz CT molecular complexity index is 799. The van der Waals surface area contributed by atoms with Crippen LogP contribution >= 0.6 is 0 Å². The first-order valence-electron chi connectivity index (χ1n) is 5.26. The van der Waals surface area contributed by atoms with Gasteiger partial charge in [-0.3, -0.25) is 5.10 Å². The first-order chi connectivity index (χ1) is 9.29. The van der Waals surface area contributed by atoms with Crippen LogP contribution in [0.1, 0.15) is 5.82 Å². The van der Waals surface area contributed by atoms with Gasteiger partial charge in [0, 0.05) is 0 Å². The Morgan fingerprint density at radius 3 is 2.50 bits per heavy atom. The lowest BCUT2D eigenvalue weighted by Crippen LogP contribution is -2.24. The van der Waals surface area contributed by atoms with Crippen molar-refractivity contribution in [1.29, 1.82) is 0 Å². The van der Waals surface area contributed by atoms with Crippen molar-refractivity contribution in [2.45, 2.75) is 16.3 Å². The number of nitrogens with zero attached hydrogens (tertiary/aromatic N) is 2. The van der Waals surface area contributed by atoms with Crippen molar-refractivity contribution < 1.29 is 16.8 Å². The van der Waals surface area contributed by atoms with E-state index in [1.165, 1.54) is 24.5 Å². The molecule has 0 saturated heterocycles. The number of sulfonamides is 2. The summed E-state index contributed by atoms with van der Waals surface area (Å²) in [5.41, 5.74) is 0. The molecule has 0 aliphatic carbocycles. The Kier molecular flexibility index (Phi) is 3.85. The van der Waals surface area contributed by atoms with Crippen LogP contribution in [0.15, 0.2) is 40.4 Å².